The topological polar surface area (TPSA) is 45.7 Å². The minimum atomic E-state index is -0.453. The van der Waals surface area contributed by atoms with Crippen LogP contribution in [-0.2, 0) is 4.74 Å². The Hall–Kier alpha value is -1.30. The van der Waals surface area contributed by atoms with E-state index in [0.717, 1.165) is 12.2 Å². The predicted octanol–water partition coefficient (Wildman–Crippen LogP) is 3.29. The number of nitrogens with zero attached hydrogens (tertiary/aromatic N) is 3. The smallest absolute Gasteiger partial charge is 0.410 e. The van der Waals surface area contributed by atoms with Crippen LogP contribution in [0, 0.1) is 6.92 Å². The molecule has 5 nitrogen and oxygen atoms in total. The molecule has 0 radical (unpaired) electrons. The van der Waals surface area contributed by atoms with Crippen LogP contribution in [0.15, 0.2) is 5.51 Å². The third kappa shape index (κ3) is 3.67. The number of thiazole rings is 1. The maximum absolute atomic E-state index is 12.3. The van der Waals surface area contributed by atoms with E-state index in [9.17, 15) is 4.79 Å². The molecule has 0 aliphatic carbocycles. The second-order valence-electron chi connectivity index (χ2n) is 6.73. The van der Waals surface area contributed by atoms with Gasteiger partial charge < -0.3 is 14.5 Å². The molecule has 1 aromatic rings. The zero-order chi connectivity index (χ0) is 15.8. The Morgan fingerprint density at radius 3 is 2.52 bits per heavy atom. The van der Waals surface area contributed by atoms with Crippen LogP contribution in [-0.4, -0.2) is 46.8 Å². The van der Waals surface area contributed by atoms with E-state index >= 15 is 0 Å². The number of hydrogen-bond donors (Lipinski definition) is 0. The van der Waals surface area contributed by atoms with Crippen LogP contribution in [0.5, 0.6) is 0 Å². The van der Waals surface area contributed by atoms with Crippen molar-refractivity contribution in [1.82, 2.24) is 9.88 Å². The molecule has 118 valence electrons. The third-order valence-corrected chi connectivity index (χ3v) is 4.56. The molecular weight excluding hydrogens is 286 g/mol. The van der Waals surface area contributed by atoms with Crippen LogP contribution in [0.3, 0.4) is 0 Å². The van der Waals surface area contributed by atoms with Gasteiger partial charge >= 0.3 is 6.09 Å². The van der Waals surface area contributed by atoms with Gasteiger partial charge in [-0.15, -0.1) is 11.3 Å². The summed E-state index contributed by atoms with van der Waals surface area (Å²) < 4.78 is 5.50. The monoisotopic (exact) mass is 311 g/mol. The van der Waals surface area contributed by atoms with E-state index < -0.39 is 5.60 Å². The lowest BCUT2D eigenvalue weighted by Crippen LogP contribution is -2.58. The Labute approximate surface area is 130 Å². The molecular formula is C15H25N3O2S. The van der Waals surface area contributed by atoms with Gasteiger partial charge in [0.2, 0.25) is 0 Å². The number of amides is 1. The number of aromatic nitrogens is 1. The van der Waals surface area contributed by atoms with E-state index in [-0.39, 0.29) is 18.2 Å². The summed E-state index contributed by atoms with van der Waals surface area (Å²) in [6, 6.07) is 0.380. The van der Waals surface area contributed by atoms with Crippen LogP contribution in [0.1, 0.15) is 40.3 Å². The van der Waals surface area contributed by atoms with Crippen molar-refractivity contribution in [1.29, 1.82) is 0 Å². The van der Waals surface area contributed by atoms with E-state index in [1.54, 1.807) is 11.3 Å². The molecule has 0 N–H and O–H groups in total. The van der Waals surface area contributed by atoms with Crippen molar-refractivity contribution in [3.8, 4) is 0 Å². The molecule has 0 unspecified atom stereocenters. The average Bonchev–Trinajstić information content (AvgIpc) is 2.75. The van der Waals surface area contributed by atoms with Gasteiger partial charge in [0.25, 0.3) is 0 Å². The molecule has 2 rings (SSSR count). The SMILES string of the molecule is Cc1ncsc1N1C[C@@H](C)N(C(=O)OC(C)(C)C)C[C@H]1C. The molecule has 0 aromatic carbocycles. The number of aryl methyl sites for hydroxylation is 1. The van der Waals surface area contributed by atoms with Crippen LogP contribution < -0.4 is 4.90 Å². The second kappa shape index (κ2) is 5.83. The van der Waals surface area contributed by atoms with E-state index in [1.165, 1.54) is 5.00 Å². The van der Waals surface area contributed by atoms with Gasteiger partial charge in [-0.25, -0.2) is 9.78 Å². The molecule has 6 heteroatoms. The molecule has 0 saturated carbocycles. The van der Waals surface area contributed by atoms with Gasteiger partial charge in [-0.1, -0.05) is 0 Å². The van der Waals surface area contributed by atoms with Crippen molar-refractivity contribution < 1.29 is 9.53 Å². The Morgan fingerprint density at radius 2 is 2.00 bits per heavy atom. The molecule has 1 amide bonds. The van der Waals surface area contributed by atoms with Gasteiger partial charge in [0.1, 0.15) is 10.6 Å². The first-order chi connectivity index (χ1) is 9.69. The van der Waals surface area contributed by atoms with Gasteiger partial charge in [0.15, 0.2) is 0 Å². The van der Waals surface area contributed by atoms with Crippen molar-refractivity contribution in [2.75, 3.05) is 18.0 Å². The molecule has 0 spiro atoms. The number of rotatable bonds is 1. The van der Waals surface area contributed by atoms with Crippen molar-refractivity contribution >= 4 is 22.4 Å². The lowest BCUT2D eigenvalue weighted by atomic mass is 10.1. The maximum Gasteiger partial charge on any atom is 0.410 e. The van der Waals surface area contributed by atoms with Crippen LogP contribution >= 0.6 is 11.3 Å². The predicted molar refractivity (Wildman–Crippen MR) is 86.1 cm³/mol. The van der Waals surface area contributed by atoms with Gasteiger partial charge in [0.05, 0.1) is 11.2 Å². The van der Waals surface area contributed by atoms with Crippen molar-refractivity contribution in [3.63, 3.8) is 0 Å². The number of carbonyl (C=O) groups is 1. The summed E-state index contributed by atoms with van der Waals surface area (Å²) in [5.41, 5.74) is 2.48. The van der Waals surface area contributed by atoms with E-state index in [0.29, 0.717) is 6.54 Å². The second-order valence-corrected chi connectivity index (χ2v) is 7.56. The van der Waals surface area contributed by atoms with Gasteiger partial charge in [-0.2, -0.15) is 0 Å². The lowest BCUT2D eigenvalue weighted by Gasteiger charge is -2.44. The minimum Gasteiger partial charge on any atom is -0.444 e. The zero-order valence-corrected chi connectivity index (χ0v) is 14.5. The highest BCUT2D eigenvalue weighted by Crippen LogP contribution is 2.30. The Kier molecular flexibility index (Phi) is 4.46. The van der Waals surface area contributed by atoms with Crippen molar-refractivity contribution in [3.05, 3.63) is 11.2 Å². The average molecular weight is 311 g/mol. The number of hydrogen-bond acceptors (Lipinski definition) is 5. The highest BCUT2D eigenvalue weighted by molar-refractivity contribution is 7.14. The first kappa shape index (κ1) is 16.1. The molecule has 1 aliphatic rings. The molecule has 1 fully saturated rings. The molecule has 1 aromatic heterocycles. The fourth-order valence-electron chi connectivity index (χ4n) is 2.56. The fraction of sp³-hybridized carbons (Fsp3) is 0.733. The van der Waals surface area contributed by atoms with Gasteiger partial charge in [-0.05, 0) is 41.5 Å². The molecule has 2 atom stereocenters. The van der Waals surface area contributed by atoms with Gasteiger partial charge in [0, 0.05) is 25.2 Å². The highest BCUT2D eigenvalue weighted by atomic mass is 32.1. The summed E-state index contributed by atoms with van der Waals surface area (Å²) in [4.78, 5) is 20.8. The summed E-state index contributed by atoms with van der Waals surface area (Å²) in [6.45, 7) is 13.4. The summed E-state index contributed by atoms with van der Waals surface area (Å²) in [5.74, 6) is 0. The number of piperazine rings is 1. The van der Waals surface area contributed by atoms with Crippen LogP contribution in [0.2, 0.25) is 0 Å². The molecule has 0 bridgehead atoms. The quantitative estimate of drug-likeness (QED) is 0.798. The third-order valence-electron chi connectivity index (χ3n) is 3.60. The fourth-order valence-corrected chi connectivity index (χ4v) is 3.48. The Balaban J connectivity index is 2.09. The van der Waals surface area contributed by atoms with Gasteiger partial charge in [-0.3, -0.25) is 0 Å². The van der Waals surface area contributed by atoms with Crippen molar-refractivity contribution in [2.24, 2.45) is 0 Å². The Morgan fingerprint density at radius 1 is 1.33 bits per heavy atom. The lowest BCUT2D eigenvalue weighted by molar-refractivity contribution is 0.0131. The first-order valence-electron chi connectivity index (χ1n) is 7.35. The van der Waals surface area contributed by atoms with E-state index in [2.05, 4.69) is 23.7 Å². The number of carbonyl (C=O) groups excluding carboxylic acids is 1. The minimum absolute atomic E-state index is 0.123. The summed E-state index contributed by atoms with van der Waals surface area (Å²) in [5, 5.41) is 1.21. The van der Waals surface area contributed by atoms with Crippen molar-refractivity contribution in [2.45, 2.75) is 59.2 Å². The highest BCUT2D eigenvalue weighted by Gasteiger charge is 2.35. The van der Waals surface area contributed by atoms with E-state index in [1.807, 2.05) is 38.1 Å². The first-order valence-corrected chi connectivity index (χ1v) is 8.23. The normalized spacial score (nSPS) is 23.3. The summed E-state index contributed by atoms with van der Waals surface area (Å²) >= 11 is 1.66. The molecule has 1 aliphatic heterocycles. The van der Waals surface area contributed by atoms with Crippen LogP contribution in [0.25, 0.3) is 0 Å². The standard InChI is InChI=1S/C15H25N3O2S/c1-10-8-18(14(19)20-15(4,5)6)11(2)7-17(10)13-12(3)16-9-21-13/h9-11H,7-8H2,1-6H3/t10-,11-/m1/s1. The summed E-state index contributed by atoms with van der Waals surface area (Å²) in [6.07, 6.45) is -0.220. The molecule has 2 heterocycles. The summed E-state index contributed by atoms with van der Waals surface area (Å²) in [7, 11) is 0. The molecule has 1 saturated heterocycles. The largest absolute Gasteiger partial charge is 0.444 e. The number of anilines is 1. The Bertz CT molecular complexity index is 509. The number of ether oxygens (including phenoxy) is 1. The maximum atomic E-state index is 12.3. The van der Waals surface area contributed by atoms with Crippen LogP contribution in [0.4, 0.5) is 9.80 Å². The molecule has 21 heavy (non-hydrogen) atoms. The van der Waals surface area contributed by atoms with E-state index in [4.69, 9.17) is 4.74 Å². The zero-order valence-electron chi connectivity index (χ0n) is 13.7.